The number of carbonyl (C=O) groups is 9. The number of carbonyl (C=O) groups excluding carboxylic acids is 7. The van der Waals surface area contributed by atoms with Crippen molar-refractivity contribution in [2.45, 2.75) is 128 Å². The minimum atomic E-state index is -1.96. The SMILES string of the molecule is CO[C@@H](Cc1ccccc1)[C@@H](C)/C=C(C)/C=C/[C@@H]1NC(=O)[C@H](CCCN=C(N)N)NC(=O)[C@@H](C)[C@H](C(=O)O)NC(=O)[C@H](CCc2ccc(O)cc2)NC(=O)[C@@H](C)NC(=O)[C@H](CO)NC(=O)CC[C@H](C(=O)O)NC(=O)[C@H]1C. The van der Waals surface area contributed by atoms with E-state index in [0.29, 0.717) is 17.6 Å². The number of carboxylic acid groups (broad SMARTS) is 2. The van der Waals surface area contributed by atoms with E-state index >= 15 is 0 Å². The number of aliphatic carboxylic acids is 2. The number of phenolic OH excluding ortho intramolecular Hbond substituents is 1. The van der Waals surface area contributed by atoms with Crippen molar-refractivity contribution >= 4 is 59.2 Å². The Morgan fingerprint density at radius 2 is 1.34 bits per heavy atom. The molecule has 1 aliphatic heterocycles. The number of nitrogens with one attached hydrogen (secondary N) is 7. The Morgan fingerprint density at radius 1 is 0.737 bits per heavy atom. The van der Waals surface area contributed by atoms with E-state index in [1.54, 1.807) is 32.2 Å². The van der Waals surface area contributed by atoms with Gasteiger partial charge in [-0.1, -0.05) is 87.0 Å². The standard InChI is InChI=1S/C52H74N10O14/c1-28(25-29(2)41(76-6)26-34-11-8-7-9-12-34)14-20-36-30(3)44(66)61-39(50(72)73)22-23-42(65)57-40(27-63)49(71)56-32(5)46(68)60-38(21-17-33-15-18-35(64)19-16-33)48(70)62-43(51(74)75)31(4)45(67)59-37(47(69)58-36)13-10-24-55-52(53)54/h7-9,11-12,14-16,18-20,25,29-32,36-41,43,63-64H,10,13,17,21-24,26-27H2,1-6H3,(H,56,71)(H,57,65)(H,58,69)(H,59,67)(H,60,68)(H,61,66)(H,62,70)(H,72,73)(H,74,75)(H4,53,54,55)/b20-14+,28-25+/t29-,30-,31-,32+,36-,37-,38-,39+,40-,41-,43+/m0/s1. The topological polar surface area (TPSA) is 392 Å². The van der Waals surface area contributed by atoms with Gasteiger partial charge in [-0.25, -0.2) is 9.59 Å². The number of aryl methyl sites for hydroxylation is 1. The molecule has 24 nitrogen and oxygen atoms in total. The van der Waals surface area contributed by atoms with Crippen LogP contribution in [0.5, 0.6) is 5.75 Å². The lowest BCUT2D eigenvalue weighted by Crippen LogP contribution is -2.59. The largest absolute Gasteiger partial charge is 0.508 e. The molecular weight excluding hydrogens is 989 g/mol. The number of nitrogens with zero attached hydrogens (tertiary/aromatic N) is 1. The quantitative estimate of drug-likeness (QED) is 0.0408. The van der Waals surface area contributed by atoms with Gasteiger partial charge in [0.2, 0.25) is 41.4 Å². The molecule has 1 saturated heterocycles. The second-order valence-corrected chi connectivity index (χ2v) is 18.8. The Hall–Kier alpha value is -7.86. The molecule has 1 heterocycles. The van der Waals surface area contributed by atoms with Crippen LogP contribution in [0.15, 0.2) is 83.4 Å². The van der Waals surface area contributed by atoms with Crippen LogP contribution in [0.25, 0.3) is 0 Å². The highest BCUT2D eigenvalue weighted by Gasteiger charge is 2.37. The predicted molar refractivity (Wildman–Crippen MR) is 278 cm³/mol. The molecule has 11 atom stereocenters. The fourth-order valence-electron chi connectivity index (χ4n) is 8.03. The number of rotatable bonds is 17. The zero-order valence-corrected chi connectivity index (χ0v) is 43.6. The van der Waals surface area contributed by atoms with Crippen LogP contribution < -0.4 is 48.7 Å². The maximum atomic E-state index is 14.4. The number of allylic oxidation sites excluding steroid dienone is 2. The van der Waals surface area contributed by atoms with E-state index in [0.717, 1.165) is 5.56 Å². The smallest absolute Gasteiger partial charge is 0.327 e. The maximum absolute atomic E-state index is 14.4. The normalized spacial score (nSPS) is 25.1. The molecule has 0 aromatic heterocycles. The van der Waals surface area contributed by atoms with Crippen molar-refractivity contribution in [3.8, 4) is 5.75 Å². The van der Waals surface area contributed by atoms with E-state index in [2.05, 4.69) is 42.2 Å². The van der Waals surface area contributed by atoms with Crippen molar-refractivity contribution in [1.82, 2.24) is 37.2 Å². The summed E-state index contributed by atoms with van der Waals surface area (Å²) in [5.41, 5.74) is 13.4. The fraction of sp³-hybridized carbons (Fsp3) is 0.500. The van der Waals surface area contributed by atoms with Gasteiger partial charge in [0.15, 0.2) is 5.96 Å². The molecule has 0 unspecified atom stereocenters. The van der Waals surface area contributed by atoms with Gasteiger partial charge in [0, 0.05) is 26.0 Å². The van der Waals surface area contributed by atoms with Gasteiger partial charge in [-0.3, -0.25) is 38.6 Å². The average Bonchev–Trinajstić information content (AvgIpc) is 3.37. The molecule has 3 rings (SSSR count). The van der Waals surface area contributed by atoms with E-state index in [-0.39, 0.29) is 56.0 Å². The average molecular weight is 1060 g/mol. The van der Waals surface area contributed by atoms with Gasteiger partial charge in [-0.2, -0.15) is 0 Å². The Bertz CT molecular complexity index is 2410. The molecule has 2 aromatic carbocycles. The number of phenols is 1. The molecule has 15 N–H and O–H groups in total. The number of hydrogen-bond acceptors (Lipinski definition) is 13. The predicted octanol–water partition coefficient (Wildman–Crippen LogP) is -0.584. The first-order valence-corrected chi connectivity index (χ1v) is 24.9. The van der Waals surface area contributed by atoms with Crippen molar-refractivity contribution in [2.75, 3.05) is 20.3 Å². The number of carboxylic acids is 2. The summed E-state index contributed by atoms with van der Waals surface area (Å²) in [6.45, 7) is 6.60. The summed E-state index contributed by atoms with van der Waals surface area (Å²) < 4.78 is 5.81. The van der Waals surface area contributed by atoms with E-state index in [1.807, 2.05) is 43.3 Å². The highest BCUT2D eigenvalue weighted by Crippen LogP contribution is 2.19. The lowest BCUT2D eigenvalue weighted by atomic mass is 9.94. The first kappa shape index (κ1) is 62.4. The first-order chi connectivity index (χ1) is 35.9. The molecule has 24 heteroatoms. The minimum Gasteiger partial charge on any atom is -0.508 e. The second kappa shape index (κ2) is 31.1. The van der Waals surface area contributed by atoms with Crippen molar-refractivity contribution < 1.29 is 68.3 Å². The van der Waals surface area contributed by atoms with Gasteiger partial charge in [-0.05, 0) is 75.6 Å². The number of benzene rings is 2. The molecule has 0 radical (unpaired) electrons. The molecule has 2 aromatic rings. The van der Waals surface area contributed by atoms with E-state index in [4.69, 9.17) is 16.2 Å². The summed E-state index contributed by atoms with van der Waals surface area (Å²) in [5, 5.41) is 57.5. The van der Waals surface area contributed by atoms with Crippen molar-refractivity contribution in [2.24, 2.45) is 34.2 Å². The Kier molecular flexibility index (Phi) is 25.6. The number of hydrogen-bond donors (Lipinski definition) is 13. The van der Waals surface area contributed by atoms with Gasteiger partial charge in [0.25, 0.3) is 0 Å². The third kappa shape index (κ3) is 20.8. The van der Waals surface area contributed by atoms with Crippen molar-refractivity contribution in [3.05, 3.63) is 89.5 Å². The number of methoxy groups -OCH3 is 1. The summed E-state index contributed by atoms with van der Waals surface area (Å²) in [4.78, 5) is 126. The maximum Gasteiger partial charge on any atom is 0.327 e. The molecule has 1 fully saturated rings. The molecule has 0 aliphatic carbocycles. The number of aromatic hydroxyl groups is 1. The monoisotopic (exact) mass is 1060 g/mol. The minimum absolute atomic E-state index is 0.00277. The van der Waals surface area contributed by atoms with Crippen LogP contribution in [-0.2, 0) is 60.7 Å². The lowest BCUT2D eigenvalue weighted by molar-refractivity contribution is -0.146. The Balaban J connectivity index is 2.12. The number of aliphatic imine (C=N–C) groups is 1. The number of guanidine groups is 1. The first-order valence-electron chi connectivity index (χ1n) is 24.9. The van der Waals surface area contributed by atoms with Crippen molar-refractivity contribution in [1.29, 1.82) is 0 Å². The zero-order valence-electron chi connectivity index (χ0n) is 43.6. The fourth-order valence-corrected chi connectivity index (χ4v) is 8.03. The summed E-state index contributed by atoms with van der Waals surface area (Å²) in [5.74, 6) is -13.2. The van der Waals surface area contributed by atoms with Crippen LogP contribution in [0.3, 0.4) is 0 Å². The molecule has 1 aliphatic rings. The van der Waals surface area contributed by atoms with Crippen LogP contribution in [0, 0.1) is 17.8 Å². The molecular formula is C52H74N10O14. The number of ether oxygens (including phenoxy) is 1. The molecule has 7 amide bonds. The van der Waals surface area contributed by atoms with Crippen LogP contribution in [-0.4, -0.2) is 148 Å². The highest BCUT2D eigenvalue weighted by molar-refractivity contribution is 5.97. The third-order valence-corrected chi connectivity index (χ3v) is 12.7. The molecule has 0 spiro atoms. The van der Waals surface area contributed by atoms with E-state index in [9.17, 15) is 63.6 Å². The van der Waals surface area contributed by atoms with Crippen molar-refractivity contribution in [3.63, 3.8) is 0 Å². The zero-order chi connectivity index (χ0) is 56.6. The van der Waals surface area contributed by atoms with E-state index < -0.39 is 127 Å². The Morgan fingerprint density at radius 3 is 1.95 bits per heavy atom. The number of nitrogens with two attached hydrogens (primary N) is 2. The van der Waals surface area contributed by atoms with Crippen LogP contribution in [0.4, 0.5) is 0 Å². The van der Waals surface area contributed by atoms with Crippen LogP contribution >= 0.6 is 0 Å². The molecule has 416 valence electrons. The summed E-state index contributed by atoms with van der Waals surface area (Å²) in [7, 11) is 1.60. The highest BCUT2D eigenvalue weighted by atomic mass is 16.5. The summed E-state index contributed by atoms with van der Waals surface area (Å²) >= 11 is 0. The van der Waals surface area contributed by atoms with Crippen LogP contribution in [0.2, 0.25) is 0 Å². The van der Waals surface area contributed by atoms with Gasteiger partial charge >= 0.3 is 11.9 Å². The lowest BCUT2D eigenvalue weighted by Gasteiger charge is -2.28. The molecule has 76 heavy (non-hydrogen) atoms. The molecule has 0 bridgehead atoms. The second-order valence-electron chi connectivity index (χ2n) is 18.8. The van der Waals surface area contributed by atoms with Gasteiger partial charge in [-0.15, -0.1) is 0 Å². The van der Waals surface area contributed by atoms with Gasteiger partial charge < -0.3 is 73.8 Å². The molecule has 0 saturated carbocycles. The van der Waals surface area contributed by atoms with Gasteiger partial charge in [0.05, 0.1) is 30.6 Å². The summed E-state index contributed by atoms with van der Waals surface area (Å²) in [6.07, 6.45) is 4.24. The number of aliphatic hydroxyl groups is 1. The Labute approximate surface area is 441 Å². The number of aliphatic hydroxyl groups excluding tert-OH is 1. The summed E-state index contributed by atoms with van der Waals surface area (Å²) in [6, 6.07) is 4.71. The third-order valence-electron chi connectivity index (χ3n) is 12.7. The van der Waals surface area contributed by atoms with Crippen LogP contribution in [0.1, 0.15) is 77.8 Å². The van der Waals surface area contributed by atoms with E-state index in [1.165, 1.54) is 39.0 Å². The van der Waals surface area contributed by atoms with Gasteiger partial charge in [0.1, 0.15) is 42.0 Å². The number of amides is 7.